The fraction of sp³-hybridized carbons (Fsp3) is 0.273. The summed E-state index contributed by atoms with van der Waals surface area (Å²) >= 11 is 1.49. The number of nitriles is 1. The van der Waals surface area contributed by atoms with Gasteiger partial charge in [0.1, 0.15) is 0 Å². The molecule has 148 valence electrons. The lowest BCUT2D eigenvalue weighted by molar-refractivity contribution is -0.118. The van der Waals surface area contributed by atoms with Crippen molar-refractivity contribution in [2.24, 2.45) is 5.73 Å². The summed E-state index contributed by atoms with van der Waals surface area (Å²) in [6, 6.07) is 16.9. The number of amides is 1. The molecule has 1 heterocycles. The van der Waals surface area contributed by atoms with Gasteiger partial charge in [-0.1, -0.05) is 42.4 Å². The Kier molecular flexibility index (Phi) is 7.04. The third-order valence-electron chi connectivity index (χ3n) is 4.56. The highest BCUT2D eigenvalue weighted by atomic mass is 32.2. The van der Waals surface area contributed by atoms with E-state index in [1.165, 1.54) is 11.8 Å². The van der Waals surface area contributed by atoms with Gasteiger partial charge in [0.2, 0.25) is 5.91 Å². The molecule has 29 heavy (non-hydrogen) atoms. The summed E-state index contributed by atoms with van der Waals surface area (Å²) in [5, 5.41) is 10.3. The number of carbonyl (C=O) groups excluding carboxylic acids is 1. The van der Waals surface area contributed by atoms with E-state index in [1.54, 1.807) is 16.7 Å². The molecule has 0 saturated heterocycles. The smallest absolute Gasteiger partial charge is 0.262 e. The van der Waals surface area contributed by atoms with Crippen molar-refractivity contribution in [2.45, 2.75) is 43.1 Å². The Labute approximate surface area is 173 Å². The molecule has 0 atom stereocenters. The minimum atomic E-state index is -0.301. The zero-order chi connectivity index (χ0) is 20.6. The molecule has 0 aliphatic carbocycles. The van der Waals surface area contributed by atoms with E-state index in [2.05, 4.69) is 6.07 Å². The summed E-state index contributed by atoms with van der Waals surface area (Å²) < 4.78 is 1.71. The van der Waals surface area contributed by atoms with E-state index in [0.717, 1.165) is 18.4 Å². The topological polar surface area (TPSA) is 102 Å². The number of para-hydroxylation sites is 1. The highest BCUT2D eigenvalue weighted by Crippen LogP contribution is 2.23. The molecule has 0 aliphatic heterocycles. The average Bonchev–Trinajstić information content (AvgIpc) is 2.73. The van der Waals surface area contributed by atoms with Crippen LogP contribution in [0.25, 0.3) is 10.9 Å². The highest BCUT2D eigenvalue weighted by molar-refractivity contribution is 7.98. The lowest BCUT2D eigenvalue weighted by Crippen LogP contribution is -2.23. The number of hydrogen-bond donors (Lipinski definition) is 1. The van der Waals surface area contributed by atoms with Gasteiger partial charge >= 0.3 is 0 Å². The quantitative estimate of drug-likeness (QED) is 0.332. The van der Waals surface area contributed by atoms with Crippen molar-refractivity contribution in [3.8, 4) is 6.07 Å². The SMILES string of the molecule is N#Cc1cccc(CSc2nc3ccccc3c(=O)n2CCCCCC(N)=O)c1. The first-order valence-electron chi connectivity index (χ1n) is 9.48. The molecule has 0 aliphatic rings. The monoisotopic (exact) mass is 406 g/mol. The molecule has 3 rings (SSSR count). The van der Waals surface area contributed by atoms with Gasteiger partial charge in [0.15, 0.2) is 5.16 Å². The summed E-state index contributed by atoms with van der Waals surface area (Å²) in [5.74, 6) is 0.312. The van der Waals surface area contributed by atoms with Crippen LogP contribution < -0.4 is 11.3 Å². The van der Waals surface area contributed by atoms with Gasteiger partial charge in [0.05, 0.1) is 22.5 Å². The molecule has 1 amide bonds. The Bertz CT molecular complexity index is 1120. The molecular formula is C22H22N4O2S. The van der Waals surface area contributed by atoms with Crippen LogP contribution in [-0.2, 0) is 17.1 Å². The summed E-state index contributed by atoms with van der Waals surface area (Å²) in [7, 11) is 0. The average molecular weight is 407 g/mol. The minimum Gasteiger partial charge on any atom is -0.370 e. The zero-order valence-corrected chi connectivity index (χ0v) is 16.8. The first-order valence-corrected chi connectivity index (χ1v) is 10.5. The Morgan fingerprint density at radius 3 is 2.76 bits per heavy atom. The number of nitrogens with two attached hydrogens (primary N) is 1. The van der Waals surface area contributed by atoms with Gasteiger partial charge in [-0.25, -0.2) is 4.98 Å². The molecule has 3 aromatic rings. The van der Waals surface area contributed by atoms with E-state index in [9.17, 15) is 9.59 Å². The van der Waals surface area contributed by atoms with Crippen LogP contribution in [0.5, 0.6) is 0 Å². The largest absolute Gasteiger partial charge is 0.370 e. The van der Waals surface area contributed by atoms with Crippen LogP contribution in [0.15, 0.2) is 58.5 Å². The van der Waals surface area contributed by atoms with Gasteiger partial charge in [-0.05, 0) is 42.7 Å². The van der Waals surface area contributed by atoms with E-state index in [0.29, 0.717) is 46.8 Å². The maximum atomic E-state index is 13.0. The number of nitrogens with zero attached hydrogens (tertiary/aromatic N) is 3. The van der Waals surface area contributed by atoms with Gasteiger partial charge in [-0.3, -0.25) is 14.2 Å². The molecule has 0 bridgehead atoms. The number of thioether (sulfide) groups is 1. The molecule has 6 nitrogen and oxygen atoms in total. The fourth-order valence-corrected chi connectivity index (χ4v) is 4.05. The molecule has 1 aromatic heterocycles. The molecule has 2 N–H and O–H groups in total. The van der Waals surface area contributed by atoms with Gasteiger partial charge in [-0.15, -0.1) is 0 Å². The third kappa shape index (κ3) is 5.46. The molecule has 0 saturated carbocycles. The molecule has 0 radical (unpaired) electrons. The normalized spacial score (nSPS) is 10.7. The standard InChI is InChI=1S/C22H22N4O2S/c23-14-16-7-6-8-17(13-16)15-29-22-25-19-10-4-3-9-18(19)21(28)26(22)12-5-1-2-11-20(24)27/h3-4,6-10,13H,1-2,5,11-12,15H2,(H2,24,27). The number of unbranched alkanes of at least 4 members (excludes halogenated alkanes) is 2. The van der Waals surface area contributed by atoms with Crippen LogP contribution in [0.3, 0.4) is 0 Å². The van der Waals surface area contributed by atoms with Crippen molar-refractivity contribution in [3.05, 3.63) is 70.0 Å². The van der Waals surface area contributed by atoms with Gasteiger partial charge in [0.25, 0.3) is 5.56 Å². The number of aromatic nitrogens is 2. The first-order chi connectivity index (χ1) is 14.1. The van der Waals surface area contributed by atoms with Crippen LogP contribution in [0.1, 0.15) is 36.8 Å². The maximum absolute atomic E-state index is 13.0. The van der Waals surface area contributed by atoms with Crippen LogP contribution in [0, 0.1) is 11.3 Å². The molecule has 0 unspecified atom stereocenters. The Morgan fingerprint density at radius 1 is 1.14 bits per heavy atom. The van der Waals surface area contributed by atoms with E-state index in [4.69, 9.17) is 16.0 Å². The van der Waals surface area contributed by atoms with E-state index >= 15 is 0 Å². The van der Waals surface area contributed by atoms with Crippen LogP contribution >= 0.6 is 11.8 Å². The molecular weight excluding hydrogens is 384 g/mol. The van der Waals surface area contributed by atoms with Crippen molar-refractivity contribution in [1.82, 2.24) is 9.55 Å². The number of carbonyl (C=O) groups is 1. The minimum absolute atomic E-state index is 0.0567. The summed E-state index contributed by atoms with van der Waals surface area (Å²) in [4.78, 5) is 28.6. The number of primary amides is 1. The summed E-state index contributed by atoms with van der Waals surface area (Å²) in [6.45, 7) is 0.538. The van der Waals surface area contributed by atoms with E-state index < -0.39 is 0 Å². The predicted molar refractivity (Wildman–Crippen MR) is 114 cm³/mol. The highest BCUT2D eigenvalue weighted by Gasteiger charge is 2.12. The number of benzene rings is 2. The van der Waals surface area contributed by atoms with Crippen molar-refractivity contribution in [1.29, 1.82) is 5.26 Å². The van der Waals surface area contributed by atoms with E-state index in [1.807, 2.05) is 36.4 Å². The molecule has 7 heteroatoms. The summed E-state index contributed by atoms with van der Waals surface area (Å²) in [5.41, 5.74) is 7.42. The number of rotatable bonds is 9. The van der Waals surface area contributed by atoms with Crippen molar-refractivity contribution in [3.63, 3.8) is 0 Å². The van der Waals surface area contributed by atoms with Crippen LogP contribution in [0.4, 0.5) is 0 Å². The van der Waals surface area contributed by atoms with Crippen LogP contribution in [-0.4, -0.2) is 15.5 Å². The summed E-state index contributed by atoms with van der Waals surface area (Å²) in [6.07, 6.45) is 2.66. The van der Waals surface area contributed by atoms with Gasteiger partial charge in [-0.2, -0.15) is 5.26 Å². The third-order valence-corrected chi connectivity index (χ3v) is 5.60. The number of fused-ring (bicyclic) bond motifs is 1. The van der Waals surface area contributed by atoms with Gasteiger partial charge < -0.3 is 5.73 Å². The maximum Gasteiger partial charge on any atom is 0.262 e. The predicted octanol–water partition coefficient (Wildman–Crippen LogP) is 3.61. The first kappa shape index (κ1) is 20.6. The fourth-order valence-electron chi connectivity index (χ4n) is 3.08. The Morgan fingerprint density at radius 2 is 1.97 bits per heavy atom. The second-order valence-corrected chi connectivity index (χ2v) is 7.69. The Hall–Kier alpha value is -3.11. The van der Waals surface area contributed by atoms with Crippen molar-refractivity contribution < 1.29 is 4.79 Å². The lowest BCUT2D eigenvalue weighted by Gasteiger charge is -2.13. The molecule has 0 spiro atoms. The van der Waals surface area contributed by atoms with E-state index in [-0.39, 0.29) is 11.5 Å². The van der Waals surface area contributed by atoms with Crippen LogP contribution in [0.2, 0.25) is 0 Å². The van der Waals surface area contributed by atoms with Crippen molar-refractivity contribution in [2.75, 3.05) is 0 Å². The second-order valence-electron chi connectivity index (χ2n) is 6.75. The van der Waals surface area contributed by atoms with Gasteiger partial charge in [0, 0.05) is 18.7 Å². The zero-order valence-electron chi connectivity index (χ0n) is 16.0. The molecule has 2 aromatic carbocycles. The molecule has 0 fully saturated rings. The lowest BCUT2D eigenvalue weighted by atomic mass is 10.2. The Balaban J connectivity index is 1.82. The second kappa shape index (κ2) is 9.89. The van der Waals surface area contributed by atoms with Crippen molar-refractivity contribution >= 4 is 28.6 Å². The number of hydrogen-bond acceptors (Lipinski definition) is 5.